The van der Waals surface area contributed by atoms with Gasteiger partial charge in [-0.15, -0.1) is 0 Å². The fraction of sp³-hybridized carbons (Fsp3) is 0.500. The SMILES string of the molecule is CC1(C)OC[C@@H](COc2cc(N)ccc2F)O1. The summed E-state index contributed by atoms with van der Waals surface area (Å²) in [6.45, 7) is 4.34. The minimum Gasteiger partial charge on any atom is -0.488 e. The molecule has 1 aliphatic rings. The monoisotopic (exact) mass is 241 g/mol. The van der Waals surface area contributed by atoms with Crippen molar-refractivity contribution in [2.24, 2.45) is 0 Å². The first kappa shape index (κ1) is 12.1. The van der Waals surface area contributed by atoms with Gasteiger partial charge in [0, 0.05) is 11.8 Å². The van der Waals surface area contributed by atoms with Gasteiger partial charge < -0.3 is 19.9 Å². The lowest BCUT2D eigenvalue weighted by molar-refractivity contribution is -0.141. The highest BCUT2D eigenvalue weighted by Gasteiger charge is 2.33. The number of anilines is 1. The van der Waals surface area contributed by atoms with E-state index in [1.807, 2.05) is 13.8 Å². The quantitative estimate of drug-likeness (QED) is 0.822. The highest BCUT2D eigenvalue weighted by atomic mass is 19.1. The molecule has 1 saturated heterocycles. The molecule has 1 aliphatic heterocycles. The Morgan fingerprint density at radius 1 is 1.53 bits per heavy atom. The van der Waals surface area contributed by atoms with E-state index in [0.717, 1.165) is 0 Å². The zero-order valence-electron chi connectivity index (χ0n) is 9.90. The Morgan fingerprint density at radius 2 is 2.29 bits per heavy atom. The van der Waals surface area contributed by atoms with E-state index < -0.39 is 11.6 Å². The van der Waals surface area contributed by atoms with Crippen molar-refractivity contribution in [1.29, 1.82) is 0 Å². The third-order valence-electron chi connectivity index (χ3n) is 2.45. The van der Waals surface area contributed by atoms with Crippen molar-refractivity contribution in [3.05, 3.63) is 24.0 Å². The van der Waals surface area contributed by atoms with Crippen molar-refractivity contribution in [1.82, 2.24) is 0 Å². The normalized spacial score (nSPS) is 22.6. The summed E-state index contributed by atoms with van der Waals surface area (Å²) in [5.41, 5.74) is 6.01. The third-order valence-corrected chi connectivity index (χ3v) is 2.45. The molecule has 0 radical (unpaired) electrons. The maximum atomic E-state index is 13.3. The van der Waals surface area contributed by atoms with Crippen LogP contribution in [0.15, 0.2) is 18.2 Å². The number of nitrogen functional groups attached to an aromatic ring is 1. The van der Waals surface area contributed by atoms with E-state index in [1.54, 1.807) is 0 Å². The van der Waals surface area contributed by atoms with Crippen molar-refractivity contribution in [3.8, 4) is 5.75 Å². The van der Waals surface area contributed by atoms with Gasteiger partial charge in [0.25, 0.3) is 0 Å². The predicted molar refractivity (Wildman–Crippen MR) is 61.2 cm³/mol. The lowest BCUT2D eigenvalue weighted by Crippen LogP contribution is -2.25. The van der Waals surface area contributed by atoms with E-state index in [-0.39, 0.29) is 18.5 Å². The molecule has 0 saturated carbocycles. The molecule has 5 heteroatoms. The summed E-state index contributed by atoms with van der Waals surface area (Å²) in [5.74, 6) is -0.891. The smallest absolute Gasteiger partial charge is 0.165 e. The molecule has 2 N–H and O–H groups in total. The van der Waals surface area contributed by atoms with Crippen LogP contribution < -0.4 is 10.5 Å². The molecule has 0 unspecified atom stereocenters. The molecular weight excluding hydrogens is 225 g/mol. The number of hydrogen-bond donors (Lipinski definition) is 1. The molecular formula is C12H16FNO3. The molecule has 0 bridgehead atoms. The highest BCUT2D eigenvalue weighted by molar-refractivity contribution is 5.44. The summed E-state index contributed by atoms with van der Waals surface area (Å²) < 4.78 is 29.6. The van der Waals surface area contributed by atoms with Crippen LogP contribution in [0.3, 0.4) is 0 Å². The van der Waals surface area contributed by atoms with Gasteiger partial charge in [-0.2, -0.15) is 0 Å². The van der Waals surface area contributed by atoms with Crippen LogP contribution in [-0.4, -0.2) is 25.1 Å². The largest absolute Gasteiger partial charge is 0.488 e. The van der Waals surface area contributed by atoms with Crippen molar-refractivity contribution >= 4 is 5.69 Å². The zero-order valence-corrected chi connectivity index (χ0v) is 9.90. The summed E-state index contributed by atoms with van der Waals surface area (Å²) in [5, 5.41) is 0. The molecule has 17 heavy (non-hydrogen) atoms. The number of benzene rings is 1. The second-order valence-corrected chi connectivity index (χ2v) is 4.45. The standard InChI is InChI=1S/C12H16FNO3/c1-12(2)16-7-9(17-12)6-15-11-5-8(14)3-4-10(11)13/h3-5,9H,6-7,14H2,1-2H3/t9-/m1/s1. The average Bonchev–Trinajstić information content (AvgIpc) is 2.60. The second kappa shape index (κ2) is 4.50. The van der Waals surface area contributed by atoms with Gasteiger partial charge in [0.05, 0.1) is 6.61 Å². The summed E-state index contributed by atoms with van der Waals surface area (Å²) in [6, 6.07) is 4.22. The minimum atomic E-state index is -0.595. The molecule has 0 aromatic heterocycles. The average molecular weight is 241 g/mol. The van der Waals surface area contributed by atoms with E-state index in [2.05, 4.69) is 0 Å². The van der Waals surface area contributed by atoms with Gasteiger partial charge in [-0.05, 0) is 26.0 Å². The van der Waals surface area contributed by atoms with Crippen LogP contribution in [0, 0.1) is 5.82 Å². The number of hydrogen-bond acceptors (Lipinski definition) is 4. The number of ether oxygens (including phenoxy) is 3. The van der Waals surface area contributed by atoms with E-state index in [0.29, 0.717) is 12.3 Å². The summed E-state index contributed by atoms with van der Waals surface area (Å²) >= 11 is 0. The fourth-order valence-corrected chi connectivity index (χ4v) is 1.66. The van der Waals surface area contributed by atoms with Gasteiger partial charge in [-0.1, -0.05) is 0 Å². The van der Waals surface area contributed by atoms with Gasteiger partial charge in [0.15, 0.2) is 17.4 Å². The molecule has 0 aliphatic carbocycles. The molecule has 1 aromatic carbocycles. The molecule has 1 aromatic rings. The van der Waals surface area contributed by atoms with Crippen molar-refractivity contribution in [2.45, 2.75) is 25.7 Å². The first-order valence-electron chi connectivity index (χ1n) is 5.46. The fourth-order valence-electron chi connectivity index (χ4n) is 1.66. The maximum absolute atomic E-state index is 13.3. The molecule has 2 rings (SSSR count). The number of halogens is 1. The van der Waals surface area contributed by atoms with Crippen molar-refractivity contribution < 1.29 is 18.6 Å². The molecule has 94 valence electrons. The summed E-state index contributed by atoms with van der Waals surface area (Å²) in [6.07, 6.45) is -0.189. The minimum absolute atomic E-state index is 0.137. The van der Waals surface area contributed by atoms with Crippen LogP contribution in [0.25, 0.3) is 0 Å². The highest BCUT2D eigenvalue weighted by Crippen LogP contribution is 2.24. The van der Waals surface area contributed by atoms with E-state index in [4.69, 9.17) is 19.9 Å². The van der Waals surface area contributed by atoms with Crippen LogP contribution in [0.2, 0.25) is 0 Å². The molecule has 0 spiro atoms. The zero-order chi connectivity index (χ0) is 12.5. The van der Waals surface area contributed by atoms with Crippen molar-refractivity contribution in [2.75, 3.05) is 18.9 Å². The van der Waals surface area contributed by atoms with Crippen LogP contribution >= 0.6 is 0 Å². The first-order valence-corrected chi connectivity index (χ1v) is 5.46. The summed E-state index contributed by atoms with van der Waals surface area (Å²) in [7, 11) is 0. The maximum Gasteiger partial charge on any atom is 0.165 e. The van der Waals surface area contributed by atoms with E-state index in [1.165, 1.54) is 18.2 Å². The van der Waals surface area contributed by atoms with Gasteiger partial charge in [0.2, 0.25) is 0 Å². The predicted octanol–water partition coefficient (Wildman–Crippen LogP) is 1.94. The van der Waals surface area contributed by atoms with Crippen LogP contribution in [0.1, 0.15) is 13.8 Å². The van der Waals surface area contributed by atoms with Gasteiger partial charge in [-0.25, -0.2) is 4.39 Å². The van der Waals surface area contributed by atoms with E-state index in [9.17, 15) is 4.39 Å². The summed E-state index contributed by atoms with van der Waals surface area (Å²) in [4.78, 5) is 0. The Labute approximate surface area is 99.5 Å². The lowest BCUT2D eigenvalue weighted by atomic mass is 10.3. The number of nitrogens with two attached hydrogens (primary N) is 1. The number of rotatable bonds is 3. The van der Waals surface area contributed by atoms with Crippen LogP contribution in [0.5, 0.6) is 5.75 Å². The topological polar surface area (TPSA) is 53.7 Å². The van der Waals surface area contributed by atoms with E-state index >= 15 is 0 Å². The lowest BCUT2D eigenvalue weighted by Gasteiger charge is -2.17. The van der Waals surface area contributed by atoms with Gasteiger partial charge >= 0.3 is 0 Å². The third kappa shape index (κ3) is 3.08. The molecule has 0 amide bonds. The Bertz CT molecular complexity index is 409. The molecule has 4 nitrogen and oxygen atoms in total. The van der Waals surface area contributed by atoms with Crippen molar-refractivity contribution in [3.63, 3.8) is 0 Å². The molecule has 1 atom stereocenters. The second-order valence-electron chi connectivity index (χ2n) is 4.45. The van der Waals surface area contributed by atoms with Gasteiger partial charge in [0.1, 0.15) is 12.7 Å². The Hall–Kier alpha value is -1.33. The van der Waals surface area contributed by atoms with Gasteiger partial charge in [-0.3, -0.25) is 0 Å². The van der Waals surface area contributed by atoms with Crippen LogP contribution in [0.4, 0.5) is 10.1 Å². The first-order chi connectivity index (χ1) is 7.96. The Balaban J connectivity index is 1.92. The van der Waals surface area contributed by atoms with Crippen LogP contribution in [-0.2, 0) is 9.47 Å². The molecule has 1 fully saturated rings. The Kier molecular flexibility index (Phi) is 3.22. The Morgan fingerprint density at radius 3 is 2.94 bits per heavy atom. The molecule has 1 heterocycles.